The lowest BCUT2D eigenvalue weighted by Crippen LogP contribution is -2.16. The molecule has 2 rings (SSSR count). The molecule has 1 amide bonds. The number of hydrogen-bond acceptors (Lipinski definition) is 3. The minimum absolute atomic E-state index is 0.107. The first-order valence-corrected chi connectivity index (χ1v) is 10.0. The molecule has 0 saturated carbocycles. The molecule has 5 nitrogen and oxygen atoms in total. The maximum Gasteiger partial charge on any atom is 0.416 e. The standard InChI is InChI=1S/C18H18ClF3N2O3S/c1-11(2)9-17(25)23-13-4-6-14(7-5-13)24-28(26,27)16-10-12(18(20,21)22)3-8-15(16)19/h3-8,10-11,24H,9H2,1-2H3,(H,23,25). The van der Waals surface area contributed by atoms with Crippen LogP contribution in [-0.2, 0) is 21.0 Å². The second-order valence-corrected chi connectivity index (χ2v) is 8.53. The topological polar surface area (TPSA) is 75.3 Å². The van der Waals surface area contributed by atoms with Gasteiger partial charge in [0, 0.05) is 17.8 Å². The molecule has 0 aromatic heterocycles. The monoisotopic (exact) mass is 434 g/mol. The van der Waals surface area contributed by atoms with Crippen molar-refractivity contribution >= 4 is 38.9 Å². The van der Waals surface area contributed by atoms with E-state index in [4.69, 9.17) is 11.6 Å². The lowest BCUT2D eigenvalue weighted by atomic mass is 10.1. The molecule has 2 N–H and O–H groups in total. The summed E-state index contributed by atoms with van der Waals surface area (Å²) in [5.41, 5.74) is -0.554. The number of amides is 1. The molecule has 2 aromatic rings. The zero-order chi connectivity index (χ0) is 21.1. The molecule has 0 radical (unpaired) electrons. The molecule has 0 bridgehead atoms. The summed E-state index contributed by atoms with van der Waals surface area (Å²) in [7, 11) is -4.35. The van der Waals surface area contributed by atoms with Gasteiger partial charge in [-0.2, -0.15) is 13.2 Å². The summed E-state index contributed by atoms with van der Waals surface area (Å²) in [5, 5.41) is 2.33. The first-order chi connectivity index (χ1) is 12.9. The molecule has 0 aliphatic carbocycles. The Kier molecular flexibility index (Phi) is 6.61. The Morgan fingerprint density at radius 2 is 1.64 bits per heavy atom. The molecule has 0 fully saturated rings. The van der Waals surface area contributed by atoms with Gasteiger partial charge in [0.2, 0.25) is 5.91 Å². The first-order valence-electron chi connectivity index (χ1n) is 8.18. The van der Waals surface area contributed by atoms with E-state index in [9.17, 15) is 26.4 Å². The van der Waals surface area contributed by atoms with Crippen LogP contribution in [-0.4, -0.2) is 14.3 Å². The number of halogens is 4. The average molecular weight is 435 g/mol. The van der Waals surface area contributed by atoms with Gasteiger partial charge >= 0.3 is 6.18 Å². The van der Waals surface area contributed by atoms with Crippen molar-refractivity contribution in [2.24, 2.45) is 5.92 Å². The van der Waals surface area contributed by atoms with Gasteiger partial charge in [0.1, 0.15) is 4.90 Å². The normalized spacial score (nSPS) is 12.1. The number of sulfonamides is 1. The quantitative estimate of drug-likeness (QED) is 0.660. The van der Waals surface area contributed by atoms with Crippen LogP contribution in [0.2, 0.25) is 5.02 Å². The van der Waals surface area contributed by atoms with E-state index in [1.54, 1.807) is 0 Å². The van der Waals surface area contributed by atoms with Crippen molar-refractivity contribution in [3.05, 3.63) is 53.1 Å². The van der Waals surface area contributed by atoms with E-state index in [1.807, 2.05) is 13.8 Å². The van der Waals surface area contributed by atoms with E-state index in [0.717, 1.165) is 6.07 Å². The van der Waals surface area contributed by atoms with E-state index >= 15 is 0 Å². The van der Waals surface area contributed by atoms with Crippen LogP contribution in [0.4, 0.5) is 24.5 Å². The Morgan fingerprint density at radius 3 is 2.18 bits per heavy atom. The van der Waals surface area contributed by atoms with E-state index < -0.39 is 26.7 Å². The zero-order valence-electron chi connectivity index (χ0n) is 15.0. The Hall–Kier alpha value is -2.26. The molecule has 0 aliphatic heterocycles. The maximum absolute atomic E-state index is 12.8. The lowest BCUT2D eigenvalue weighted by molar-refractivity contribution is -0.137. The fourth-order valence-electron chi connectivity index (χ4n) is 2.30. The van der Waals surface area contributed by atoms with Crippen molar-refractivity contribution in [1.82, 2.24) is 0 Å². The summed E-state index contributed by atoms with van der Waals surface area (Å²) in [6.07, 6.45) is -4.37. The number of rotatable bonds is 6. The molecule has 0 saturated heterocycles. The van der Waals surface area contributed by atoms with Gasteiger partial charge in [-0.3, -0.25) is 9.52 Å². The Bertz CT molecular complexity index is 959. The van der Waals surface area contributed by atoms with Crippen LogP contribution < -0.4 is 10.0 Å². The fourth-order valence-corrected chi connectivity index (χ4v) is 3.89. The lowest BCUT2D eigenvalue weighted by Gasteiger charge is -2.13. The van der Waals surface area contributed by atoms with Crippen molar-refractivity contribution in [2.45, 2.75) is 31.3 Å². The van der Waals surface area contributed by atoms with Crippen LogP contribution in [0.25, 0.3) is 0 Å². The predicted octanol–water partition coefficient (Wildman–Crippen LogP) is 5.14. The molecule has 2 aromatic carbocycles. The molecular weight excluding hydrogens is 417 g/mol. The molecule has 0 aliphatic rings. The van der Waals surface area contributed by atoms with E-state index in [0.29, 0.717) is 24.2 Å². The largest absolute Gasteiger partial charge is 0.416 e. The Morgan fingerprint density at radius 1 is 1.07 bits per heavy atom. The molecule has 10 heteroatoms. The van der Waals surface area contributed by atoms with Gasteiger partial charge in [0.15, 0.2) is 0 Å². The molecule has 28 heavy (non-hydrogen) atoms. The highest BCUT2D eigenvalue weighted by molar-refractivity contribution is 7.92. The maximum atomic E-state index is 12.8. The van der Waals surface area contributed by atoms with E-state index in [-0.39, 0.29) is 22.5 Å². The third kappa shape index (κ3) is 5.87. The Labute approximate surface area is 166 Å². The summed E-state index contributed by atoms with van der Waals surface area (Å²) >= 11 is 5.79. The van der Waals surface area contributed by atoms with Crippen LogP contribution in [0.5, 0.6) is 0 Å². The van der Waals surface area contributed by atoms with Crippen molar-refractivity contribution in [1.29, 1.82) is 0 Å². The number of hydrogen-bond donors (Lipinski definition) is 2. The zero-order valence-corrected chi connectivity index (χ0v) is 16.5. The van der Waals surface area contributed by atoms with Crippen LogP contribution >= 0.6 is 11.6 Å². The summed E-state index contributed by atoms with van der Waals surface area (Å²) in [6, 6.07) is 7.77. The van der Waals surface area contributed by atoms with Crippen LogP contribution in [0.3, 0.4) is 0 Å². The van der Waals surface area contributed by atoms with E-state index in [1.165, 1.54) is 24.3 Å². The third-order valence-corrected chi connectivity index (χ3v) is 5.43. The summed E-state index contributed by atoms with van der Waals surface area (Å²) < 4.78 is 65.6. The van der Waals surface area contributed by atoms with Crippen molar-refractivity contribution in [3.8, 4) is 0 Å². The number of anilines is 2. The number of carbonyl (C=O) groups excluding carboxylic acids is 1. The van der Waals surface area contributed by atoms with Crippen LogP contribution in [0, 0.1) is 5.92 Å². The van der Waals surface area contributed by atoms with E-state index in [2.05, 4.69) is 10.0 Å². The van der Waals surface area contributed by atoms with Gasteiger partial charge in [-0.15, -0.1) is 0 Å². The Balaban J connectivity index is 2.20. The third-order valence-electron chi connectivity index (χ3n) is 3.56. The summed E-state index contributed by atoms with van der Waals surface area (Å²) in [6.45, 7) is 3.80. The fraction of sp³-hybridized carbons (Fsp3) is 0.278. The molecule has 0 unspecified atom stereocenters. The second kappa shape index (κ2) is 8.40. The average Bonchev–Trinajstić information content (AvgIpc) is 2.54. The minimum atomic E-state index is -4.70. The van der Waals surface area contributed by atoms with Gasteiger partial charge in [0.05, 0.1) is 10.6 Å². The van der Waals surface area contributed by atoms with Crippen LogP contribution in [0.1, 0.15) is 25.8 Å². The molecular formula is C18H18ClF3N2O3S. The van der Waals surface area contributed by atoms with Crippen molar-refractivity contribution < 1.29 is 26.4 Å². The van der Waals surface area contributed by atoms with Gasteiger partial charge in [-0.1, -0.05) is 25.4 Å². The van der Waals surface area contributed by atoms with Gasteiger partial charge in [-0.05, 0) is 48.4 Å². The highest BCUT2D eigenvalue weighted by Gasteiger charge is 2.32. The molecule has 152 valence electrons. The number of alkyl halides is 3. The number of benzene rings is 2. The number of nitrogens with one attached hydrogen (secondary N) is 2. The minimum Gasteiger partial charge on any atom is -0.326 e. The smallest absolute Gasteiger partial charge is 0.326 e. The molecule has 0 atom stereocenters. The highest BCUT2D eigenvalue weighted by Crippen LogP contribution is 2.34. The van der Waals surface area contributed by atoms with Crippen LogP contribution in [0.15, 0.2) is 47.4 Å². The highest BCUT2D eigenvalue weighted by atomic mass is 35.5. The summed E-state index contributed by atoms with van der Waals surface area (Å²) in [5.74, 6) is 0.00220. The van der Waals surface area contributed by atoms with Gasteiger partial charge in [0.25, 0.3) is 10.0 Å². The predicted molar refractivity (Wildman–Crippen MR) is 102 cm³/mol. The molecule has 0 heterocycles. The van der Waals surface area contributed by atoms with Crippen molar-refractivity contribution in [2.75, 3.05) is 10.0 Å². The second-order valence-electron chi connectivity index (χ2n) is 6.47. The number of carbonyl (C=O) groups is 1. The van der Waals surface area contributed by atoms with Gasteiger partial charge in [-0.25, -0.2) is 8.42 Å². The summed E-state index contributed by atoms with van der Waals surface area (Å²) in [4.78, 5) is 11.1. The first kappa shape index (κ1) is 22.0. The van der Waals surface area contributed by atoms with Gasteiger partial charge < -0.3 is 5.32 Å². The SMILES string of the molecule is CC(C)CC(=O)Nc1ccc(NS(=O)(=O)c2cc(C(F)(F)F)ccc2Cl)cc1. The van der Waals surface area contributed by atoms with Crippen molar-refractivity contribution in [3.63, 3.8) is 0 Å². The molecule has 0 spiro atoms.